The number of pyridine rings is 1. The van der Waals surface area contributed by atoms with E-state index in [9.17, 15) is 28.8 Å². The largest absolute Gasteiger partial charge is 0.446 e. The van der Waals surface area contributed by atoms with E-state index in [1.54, 1.807) is 25.1 Å². The molecule has 2 aromatic heterocycles. The lowest BCUT2D eigenvalue weighted by Gasteiger charge is -2.35. The number of hydrogen-bond acceptors (Lipinski definition) is 11. The van der Waals surface area contributed by atoms with Crippen LogP contribution in [0.2, 0.25) is 0 Å². The van der Waals surface area contributed by atoms with Crippen LogP contribution in [0.25, 0.3) is 21.3 Å². The van der Waals surface area contributed by atoms with Crippen molar-refractivity contribution in [2.75, 3.05) is 24.2 Å². The number of likely N-dealkylation sites (N-methyl/N-ethyl adjacent to an activating group) is 1. The van der Waals surface area contributed by atoms with Gasteiger partial charge in [0, 0.05) is 37.2 Å². The van der Waals surface area contributed by atoms with Gasteiger partial charge in [-0.05, 0) is 139 Å². The topological polar surface area (TPSA) is 213 Å². The van der Waals surface area contributed by atoms with Gasteiger partial charge in [-0.3, -0.25) is 34.3 Å². The number of rotatable bonds is 23. The number of anilines is 2. The van der Waals surface area contributed by atoms with E-state index in [1.165, 1.54) is 23.3 Å². The number of hydrogen-bond donors (Lipinski definition) is 6. The molecule has 5 atom stereocenters. The summed E-state index contributed by atoms with van der Waals surface area (Å²) < 4.78 is 6.61. The fourth-order valence-electron chi connectivity index (χ4n) is 11.6. The Hall–Kier alpha value is -5.94. The molecule has 410 valence electrons. The zero-order valence-corrected chi connectivity index (χ0v) is 45.8. The summed E-state index contributed by atoms with van der Waals surface area (Å²) in [6.07, 6.45) is 22.6. The molecule has 1 saturated heterocycles. The minimum Gasteiger partial charge on any atom is -0.446 e. The van der Waals surface area contributed by atoms with E-state index in [0.29, 0.717) is 35.8 Å². The van der Waals surface area contributed by atoms with Gasteiger partial charge in [0.05, 0.1) is 33.7 Å². The Morgan fingerprint density at radius 2 is 1.46 bits per heavy atom. The van der Waals surface area contributed by atoms with Crippen LogP contribution in [0.4, 0.5) is 15.6 Å². The number of likely N-dealkylation sites (tertiary alicyclic amines) is 1. The van der Waals surface area contributed by atoms with E-state index in [4.69, 9.17) is 4.74 Å². The number of carbonyl (C=O) groups is 6. The average molecular weight is 1060 g/mol. The van der Waals surface area contributed by atoms with Gasteiger partial charge in [-0.15, -0.1) is 0 Å². The van der Waals surface area contributed by atoms with Gasteiger partial charge >= 0.3 is 6.09 Å². The van der Waals surface area contributed by atoms with Crippen molar-refractivity contribution < 1.29 is 33.5 Å². The van der Waals surface area contributed by atoms with Crippen molar-refractivity contribution in [2.24, 2.45) is 5.92 Å². The molecule has 1 aliphatic heterocycles. The first-order chi connectivity index (χ1) is 36.9. The van der Waals surface area contributed by atoms with Crippen LogP contribution >= 0.6 is 11.3 Å². The van der Waals surface area contributed by atoms with Crippen molar-refractivity contribution >= 4 is 68.0 Å². The van der Waals surface area contributed by atoms with Crippen molar-refractivity contribution in [3.8, 4) is 11.1 Å². The first kappa shape index (κ1) is 56.3. The van der Waals surface area contributed by atoms with Crippen molar-refractivity contribution in [1.29, 1.82) is 0 Å². The maximum absolute atomic E-state index is 14.7. The van der Waals surface area contributed by atoms with Crippen molar-refractivity contribution in [1.82, 2.24) is 36.1 Å². The van der Waals surface area contributed by atoms with Gasteiger partial charge in [0.15, 0.2) is 5.13 Å². The lowest BCUT2D eigenvalue weighted by atomic mass is 9.83. The molecule has 0 bridgehead atoms. The lowest BCUT2D eigenvalue weighted by molar-refractivity contribution is -0.143. The Labute approximate surface area is 452 Å². The number of benzene rings is 2. The molecule has 0 radical (unpaired) electrons. The molecule has 76 heavy (non-hydrogen) atoms. The number of amides is 6. The highest BCUT2D eigenvalue weighted by atomic mass is 32.1. The van der Waals surface area contributed by atoms with E-state index in [0.717, 1.165) is 155 Å². The van der Waals surface area contributed by atoms with E-state index in [-0.39, 0.29) is 60.2 Å². The van der Waals surface area contributed by atoms with Gasteiger partial charge in [-0.25, -0.2) is 9.78 Å². The third-order valence-electron chi connectivity index (χ3n) is 16.1. The molecule has 3 heterocycles. The van der Waals surface area contributed by atoms with Gasteiger partial charge in [-0.1, -0.05) is 106 Å². The third-order valence-corrected chi connectivity index (χ3v) is 17.1. The van der Waals surface area contributed by atoms with Crippen LogP contribution in [0.1, 0.15) is 177 Å². The Morgan fingerprint density at radius 1 is 0.763 bits per heavy atom. The van der Waals surface area contributed by atoms with Gasteiger partial charge < -0.3 is 36.2 Å². The van der Waals surface area contributed by atoms with Crippen molar-refractivity contribution in [2.45, 2.75) is 204 Å². The molecule has 6 N–H and O–H groups in total. The molecule has 4 aliphatic rings. The van der Waals surface area contributed by atoms with Crippen LogP contribution < -0.4 is 31.9 Å². The highest BCUT2D eigenvalue weighted by Crippen LogP contribution is 2.35. The number of ether oxygens (including phenoxy) is 1. The zero-order chi connectivity index (χ0) is 53.4. The quantitative estimate of drug-likeness (QED) is 0.0387. The SMILES string of the molecule is CN[C@@H](C)C(=O)N[C@H](C(=O)N1C[C@@H](NC(=O)CCCCCCCCCCC(=O)Nc2nc3ccc(-c4cnc(C)c(NC(=O)OC5CCCCC5)c4)cc3s2)C[C@H]1C(=O)N[C@@H]1CCCc2ccccc21)C1CCCCC1. The number of aromatic nitrogens is 2. The second kappa shape index (κ2) is 27.9. The Bertz CT molecular complexity index is 2630. The molecule has 4 aromatic rings. The molecule has 8 rings (SSSR count). The highest BCUT2D eigenvalue weighted by Gasteiger charge is 2.45. The lowest BCUT2D eigenvalue weighted by Crippen LogP contribution is -2.58. The molecule has 2 aromatic carbocycles. The van der Waals surface area contributed by atoms with E-state index >= 15 is 0 Å². The van der Waals surface area contributed by atoms with Crippen LogP contribution in [0, 0.1) is 12.8 Å². The number of nitrogens with one attached hydrogen (secondary N) is 6. The van der Waals surface area contributed by atoms with Crippen LogP contribution in [0.15, 0.2) is 54.7 Å². The number of fused-ring (bicyclic) bond motifs is 2. The smallest absolute Gasteiger partial charge is 0.411 e. The predicted molar refractivity (Wildman–Crippen MR) is 299 cm³/mol. The number of carbonyl (C=O) groups excluding carboxylic acids is 6. The summed E-state index contributed by atoms with van der Waals surface area (Å²) >= 11 is 1.43. The molecule has 17 heteroatoms. The second-order valence-corrected chi connectivity index (χ2v) is 22.8. The van der Waals surface area contributed by atoms with Crippen molar-refractivity contribution in [3.63, 3.8) is 0 Å². The normalized spacial score (nSPS) is 19.8. The van der Waals surface area contributed by atoms with Crippen LogP contribution in [0.5, 0.6) is 0 Å². The minimum absolute atomic E-state index is 0.0215. The molecule has 0 spiro atoms. The van der Waals surface area contributed by atoms with Crippen LogP contribution in [-0.4, -0.2) is 94.4 Å². The van der Waals surface area contributed by atoms with Gasteiger partial charge in [0.2, 0.25) is 29.5 Å². The first-order valence-corrected chi connectivity index (χ1v) is 29.3. The molecule has 3 fully saturated rings. The maximum atomic E-state index is 14.7. The van der Waals surface area contributed by atoms with Gasteiger partial charge in [0.1, 0.15) is 18.2 Å². The monoisotopic (exact) mass is 1060 g/mol. The van der Waals surface area contributed by atoms with Crippen LogP contribution in [-0.2, 0) is 35.1 Å². The Kier molecular flexibility index (Phi) is 20.7. The molecule has 3 aliphatic carbocycles. The summed E-state index contributed by atoms with van der Waals surface area (Å²) in [7, 11) is 1.72. The maximum Gasteiger partial charge on any atom is 0.411 e. The van der Waals surface area contributed by atoms with Gasteiger partial charge in [0.25, 0.3) is 0 Å². The van der Waals surface area contributed by atoms with Gasteiger partial charge in [-0.2, -0.15) is 0 Å². The summed E-state index contributed by atoms with van der Waals surface area (Å²) in [6.45, 7) is 3.84. The van der Waals surface area contributed by atoms with E-state index < -0.39 is 24.2 Å². The van der Waals surface area contributed by atoms with E-state index in [2.05, 4.69) is 54.0 Å². The number of unbranched alkanes of at least 4 members (excludes halogenated alkanes) is 7. The Balaban J connectivity index is 0.740. The number of nitrogens with zero attached hydrogens (tertiary/aromatic N) is 3. The molecule has 16 nitrogen and oxygen atoms in total. The number of thiazole rings is 1. The van der Waals surface area contributed by atoms with Crippen LogP contribution in [0.3, 0.4) is 0 Å². The average Bonchev–Trinajstić information content (AvgIpc) is 4.05. The highest BCUT2D eigenvalue weighted by molar-refractivity contribution is 7.22. The predicted octanol–water partition coefficient (Wildman–Crippen LogP) is 10.3. The third kappa shape index (κ3) is 15.6. The fraction of sp³-hybridized carbons (Fsp3) is 0.593. The molecule has 2 saturated carbocycles. The summed E-state index contributed by atoms with van der Waals surface area (Å²) in [4.78, 5) is 92.0. The van der Waals surface area contributed by atoms with Crippen molar-refractivity contribution in [3.05, 3.63) is 71.5 Å². The Morgan fingerprint density at radius 3 is 2.20 bits per heavy atom. The summed E-state index contributed by atoms with van der Waals surface area (Å²) in [6, 6.07) is 13.5. The molecular formula is C59H81N9O7S. The summed E-state index contributed by atoms with van der Waals surface area (Å²) in [5, 5.41) is 19.0. The molecular weight excluding hydrogens is 979 g/mol. The minimum atomic E-state index is -0.770. The second-order valence-electron chi connectivity index (χ2n) is 21.8. The molecule has 0 unspecified atom stereocenters. The fourth-order valence-corrected chi connectivity index (χ4v) is 12.5. The zero-order valence-electron chi connectivity index (χ0n) is 45.0. The first-order valence-electron chi connectivity index (χ1n) is 28.5. The van der Waals surface area contributed by atoms with E-state index in [1.807, 2.05) is 43.3 Å². The number of aryl methyl sites for hydroxylation is 2. The summed E-state index contributed by atoms with van der Waals surface area (Å²) in [5.74, 6) is -0.858. The standard InChI is InChI=1S/C59H81N9O7S/c1-38-49(65-59(74)75-45-25-14-11-15-26-45)33-43(36-61-38)42-31-32-48-51(34-42)76-58(64-48)66-53(70)30-17-9-7-5-4-6-8-16-29-52(69)62-44-35-50(56(72)63-47-28-20-24-40-21-18-19-27-46(40)47)68(37-44)57(73)54(41-22-12-10-13-23-41)67-55(71)39(2)60-3/h18-19,21,27,31-34,36,39,41,44-45,47,50,54,60H,4-17,20,22-26,28-30,35,37H2,1-3H3,(H,62,69)(H,63,72)(H,65,74)(H,67,71)(H,64,66,70)/t39-,44-,47+,50-,54-/m0/s1. The summed E-state index contributed by atoms with van der Waals surface area (Å²) in [5.41, 5.74) is 6.25. The molecule has 6 amide bonds.